The number of nitrogens with zero attached hydrogens (tertiary/aromatic N) is 1. The first-order valence-electron chi connectivity index (χ1n) is 4.96. The van der Waals surface area contributed by atoms with E-state index in [1.165, 1.54) is 5.56 Å². The van der Waals surface area contributed by atoms with Crippen molar-refractivity contribution in [2.24, 2.45) is 11.8 Å². The van der Waals surface area contributed by atoms with Gasteiger partial charge in [-0.15, -0.1) is 0 Å². The highest BCUT2D eigenvalue weighted by Gasteiger charge is 2.31. The Bertz CT molecular complexity index is 289. The molecule has 1 heterocycles. The highest BCUT2D eigenvalue weighted by atomic mass is 16.3. The molecular weight excluding hydrogens is 176 g/mol. The van der Waals surface area contributed by atoms with Crippen LogP contribution in [0.1, 0.15) is 11.5 Å². The summed E-state index contributed by atoms with van der Waals surface area (Å²) < 4.78 is 0. The number of hydrazine groups is 1. The van der Waals surface area contributed by atoms with Gasteiger partial charge < -0.3 is 5.11 Å². The second-order valence-corrected chi connectivity index (χ2v) is 3.91. The van der Waals surface area contributed by atoms with E-state index in [0.29, 0.717) is 5.92 Å². The summed E-state index contributed by atoms with van der Waals surface area (Å²) in [5, 5.41) is 11.0. The number of hydrogen-bond acceptors (Lipinski definition) is 3. The molecule has 0 amide bonds. The zero-order chi connectivity index (χ0) is 9.97. The van der Waals surface area contributed by atoms with Gasteiger partial charge in [-0.2, -0.15) is 0 Å². The number of rotatable bonds is 2. The molecule has 1 aromatic rings. The number of benzene rings is 1. The molecule has 1 saturated heterocycles. The molecule has 0 aliphatic carbocycles. The van der Waals surface area contributed by atoms with Gasteiger partial charge in [0.05, 0.1) is 0 Å². The Morgan fingerprint density at radius 3 is 2.64 bits per heavy atom. The Morgan fingerprint density at radius 2 is 2.00 bits per heavy atom. The maximum Gasteiger partial charge on any atom is 0.0478 e. The van der Waals surface area contributed by atoms with E-state index in [-0.39, 0.29) is 12.5 Å². The van der Waals surface area contributed by atoms with Crippen LogP contribution in [-0.4, -0.2) is 29.8 Å². The van der Waals surface area contributed by atoms with Crippen LogP contribution in [0.25, 0.3) is 0 Å². The normalized spacial score (nSPS) is 28.1. The predicted octanol–water partition coefficient (Wildman–Crippen LogP) is 0.568. The summed E-state index contributed by atoms with van der Waals surface area (Å²) in [6, 6.07) is 10.3. The van der Waals surface area contributed by atoms with Crippen LogP contribution < -0.4 is 5.84 Å². The average molecular weight is 192 g/mol. The van der Waals surface area contributed by atoms with Crippen molar-refractivity contribution in [2.45, 2.75) is 5.92 Å². The van der Waals surface area contributed by atoms with E-state index in [2.05, 4.69) is 12.1 Å². The van der Waals surface area contributed by atoms with Crippen molar-refractivity contribution in [1.82, 2.24) is 5.01 Å². The fourth-order valence-corrected chi connectivity index (χ4v) is 2.17. The van der Waals surface area contributed by atoms with Gasteiger partial charge in [-0.1, -0.05) is 30.3 Å². The Kier molecular flexibility index (Phi) is 2.82. The van der Waals surface area contributed by atoms with Crippen LogP contribution >= 0.6 is 0 Å². The maximum atomic E-state index is 9.23. The zero-order valence-corrected chi connectivity index (χ0v) is 8.13. The third-order valence-electron chi connectivity index (χ3n) is 2.93. The number of hydrogen-bond donors (Lipinski definition) is 2. The van der Waals surface area contributed by atoms with E-state index in [4.69, 9.17) is 5.84 Å². The smallest absolute Gasteiger partial charge is 0.0478 e. The minimum atomic E-state index is 0.216. The molecule has 2 rings (SSSR count). The van der Waals surface area contributed by atoms with Crippen molar-refractivity contribution in [3.8, 4) is 0 Å². The summed E-state index contributed by atoms with van der Waals surface area (Å²) in [5.41, 5.74) is 1.28. The third-order valence-corrected chi connectivity index (χ3v) is 2.93. The van der Waals surface area contributed by atoms with Gasteiger partial charge in [0, 0.05) is 31.5 Å². The number of nitrogens with two attached hydrogens (primary N) is 1. The summed E-state index contributed by atoms with van der Waals surface area (Å²) in [4.78, 5) is 0. The standard InChI is InChI=1S/C11H16N2O/c12-13-6-10(8-14)11(7-13)9-4-2-1-3-5-9/h1-5,10-11,14H,6-8,12H2/t10-,11+/m0/s1. The lowest BCUT2D eigenvalue weighted by Gasteiger charge is -2.15. The van der Waals surface area contributed by atoms with Crippen molar-refractivity contribution in [2.75, 3.05) is 19.7 Å². The van der Waals surface area contributed by atoms with Crippen LogP contribution in [0, 0.1) is 5.92 Å². The van der Waals surface area contributed by atoms with Crippen molar-refractivity contribution in [3.05, 3.63) is 35.9 Å². The molecule has 0 bridgehead atoms. The molecule has 0 aromatic heterocycles. The lowest BCUT2D eigenvalue weighted by molar-refractivity contribution is 0.216. The van der Waals surface area contributed by atoms with Crippen molar-refractivity contribution >= 4 is 0 Å². The van der Waals surface area contributed by atoms with Gasteiger partial charge >= 0.3 is 0 Å². The second kappa shape index (κ2) is 4.09. The molecule has 1 aliphatic rings. The summed E-state index contributed by atoms with van der Waals surface area (Å²) >= 11 is 0. The molecule has 76 valence electrons. The molecule has 3 N–H and O–H groups in total. The molecule has 1 aromatic carbocycles. The van der Waals surface area contributed by atoms with Crippen LogP contribution in [0.5, 0.6) is 0 Å². The lowest BCUT2D eigenvalue weighted by atomic mass is 9.90. The molecule has 0 saturated carbocycles. The Labute approximate surface area is 84.1 Å². The van der Waals surface area contributed by atoms with Crippen LogP contribution in [0.3, 0.4) is 0 Å². The first-order valence-corrected chi connectivity index (χ1v) is 4.96. The molecule has 3 heteroatoms. The first-order chi connectivity index (χ1) is 6.81. The van der Waals surface area contributed by atoms with E-state index in [9.17, 15) is 5.11 Å². The lowest BCUT2D eigenvalue weighted by Crippen LogP contribution is -2.28. The van der Waals surface area contributed by atoms with E-state index in [1.807, 2.05) is 18.2 Å². The Balaban J connectivity index is 2.18. The molecule has 1 aliphatic heterocycles. The van der Waals surface area contributed by atoms with E-state index < -0.39 is 0 Å². The molecule has 0 spiro atoms. The summed E-state index contributed by atoms with van der Waals surface area (Å²) in [5.74, 6) is 6.41. The molecule has 1 fully saturated rings. The van der Waals surface area contributed by atoms with E-state index >= 15 is 0 Å². The van der Waals surface area contributed by atoms with Crippen molar-refractivity contribution < 1.29 is 5.11 Å². The van der Waals surface area contributed by atoms with Crippen molar-refractivity contribution in [1.29, 1.82) is 0 Å². The second-order valence-electron chi connectivity index (χ2n) is 3.91. The van der Waals surface area contributed by atoms with Crippen molar-refractivity contribution in [3.63, 3.8) is 0 Å². The fourth-order valence-electron chi connectivity index (χ4n) is 2.17. The third kappa shape index (κ3) is 1.80. The van der Waals surface area contributed by atoms with Gasteiger partial charge in [0.25, 0.3) is 0 Å². The van der Waals surface area contributed by atoms with Gasteiger partial charge in [0.2, 0.25) is 0 Å². The molecule has 0 radical (unpaired) electrons. The molecule has 3 nitrogen and oxygen atoms in total. The molecule has 2 atom stereocenters. The maximum absolute atomic E-state index is 9.23. The Morgan fingerprint density at radius 1 is 1.29 bits per heavy atom. The van der Waals surface area contributed by atoms with Crippen LogP contribution in [0.2, 0.25) is 0 Å². The van der Waals surface area contributed by atoms with Gasteiger partial charge in [-0.25, -0.2) is 5.01 Å². The largest absolute Gasteiger partial charge is 0.396 e. The van der Waals surface area contributed by atoms with Gasteiger partial charge in [0.15, 0.2) is 0 Å². The zero-order valence-electron chi connectivity index (χ0n) is 8.13. The monoisotopic (exact) mass is 192 g/mol. The SMILES string of the molecule is NN1C[C@@H](CO)[C@@H](c2ccccc2)C1. The highest BCUT2D eigenvalue weighted by molar-refractivity contribution is 5.22. The van der Waals surface area contributed by atoms with Gasteiger partial charge in [0.1, 0.15) is 0 Å². The molecule has 14 heavy (non-hydrogen) atoms. The topological polar surface area (TPSA) is 49.5 Å². The summed E-state index contributed by atoms with van der Waals surface area (Å²) in [7, 11) is 0. The first kappa shape index (κ1) is 9.65. The molecule has 0 unspecified atom stereocenters. The number of aliphatic hydroxyl groups excluding tert-OH is 1. The molecular formula is C11H16N2O. The van der Waals surface area contributed by atoms with Crippen LogP contribution in [0.15, 0.2) is 30.3 Å². The van der Waals surface area contributed by atoms with Gasteiger partial charge in [-0.05, 0) is 5.56 Å². The highest BCUT2D eigenvalue weighted by Crippen LogP contribution is 2.30. The average Bonchev–Trinajstić information content (AvgIpc) is 2.61. The van der Waals surface area contributed by atoms with E-state index in [0.717, 1.165) is 13.1 Å². The predicted molar refractivity (Wildman–Crippen MR) is 55.5 cm³/mol. The Hall–Kier alpha value is -0.900. The minimum absolute atomic E-state index is 0.216. The van der Waals surface area contributed by atoms with Crippen LogP contribution in [-0.2, 0) is 0 Å². The summed E-state index contributed by atoms with van der Waals surface area (Å²) in [6.45, 7) is 1.85. The van der Waals surface area contributed by atoms with E-state index in [1.54, 1.807) is 5.01 Å². The van der Waals surface area contributed by atoms with Gasteiger partial charge in [-0.3, -0.25) is 5.84 Å². The minimum Gasteiger partial charge on any atom is -0.396 e. The fraction of sp³-hybridized carbons (Fsp3) is 0.455. The summed E-state index contributed by atoms with van der Waals surface area (Å²) in [6.07, 6.45) is 0. The number of aliphatic hydroxyl groups is 1. The quantitative estimate of drug-likeness (QED) is 0.673. The van der Waals surface area contributed by atoms with Crippen LogP contribution in [0.4, 0.5) is 0 Å².